The molecule has 2 aliphatic carbocycles. The first-order valence-corrected chi connectivity index (χ1v) is 11.9. The summed E-state index contributed by atoms with van der Waals surface area (Å²) in [5.41, 5.74) is 2.55. The molecule has 1 heterocycles. The fourth-order valence-corrected chi connectivity index (χ4v) is 4.84. The summed E-state index contributed by atoms with van der Waals surface area (Å²) in [7, 11) is 1.61. The lowest BCUT2D eigenvalue weighted by Crippen LogP contribution is -2.43. The number of carbonyl (C=O) groups is 3. The number of piperidine rings is 1. The van der Waals surface area contributed by atoms with Gasteiger partial charge >= 0.3 is 0 Å². The molecule has 1 saturated heterocycles. The Hall–Kier alpha value is -3.14. The largest absolute Gasteiger partial charge is 0.496 e. The van der Waals surface area contributed by atoms with E-state index < -0.39 is 12.0 Å². The number of carbonyl (C=O) groups excluding carboxylic acids is 3. The van der Waals surface area contributed by atoms with Crippen LogP contribution in [-0.2, 0) is 20.8 Å². The van der Waals surface area contributed by atoms with Crippen LogP contribution in [-0.4, -0.2) is 37.3 Å². The summed E-state index contributed by atoms with van der Waals surface area (Å²) >= 11 is 0. The monoisotopic (exact) mass is 449 g/mol. The van der Waals surface area contributed by atoms with Gasteiger partial charge in [0.2, 0.25) is 11.8 Å². The number of benzene rings is 1. The molecule has 1 saturated carbocycles. The quantitative estimate of drug-likeness (QED) is 0.571. The summed E-state index contributed by atoms with van der Waals surface area (Å²) in [6.07, 6.45) is 7.16. The molecular weight excluding hydrogens is 418 g/mol. The number of fused-ring (bicyclic) bond motifs is 1. The van der Waals surface area contributed by atoms with Gasteiger partial charge in [-0.2, -0.15) is 5.26 Å². The minimum Gasteiger partial charge on any atom is -0.496 e. The number of rotatable bonds is 10. The predicted molar refractivity (Wildman–Crippen MR) is 123 cm³/mol. The van der Waals surface area contributed by atoms with Gasteiger partial charge in [0.15, 0.2) is 5.78 Å². The van der Waals surface area contributed by atoms with Crippen molar-refractivity contribution < 1.29 is 19.1 Å². The summed E-state index contributed by atoms with van der Waals surface area (Å²) in [5.74, 6) is 0.0383. The zero-order valence-corrected chi connectivity index (χ0v) is 19.1. The van der Waals surface area contributed by atoms with E-state index in [1.165, 1.54) is 0 Å². The molecule has 3 aliphatic rings. The third kappa shape index (κ3) is 5.62. The van der Waals surface area contributed by atoms with Crippen LogP contribution in [0.3, 0.4) is 0 Å². The standard InChI is InChI=1S/C26H31N3O4/c1-33-24-6-2-4-18-13-20(14-21(18)24)26(32)29-22(11-16-7-8-16)23(30)12-17(15-27)10-19-5-3-9-28-25(19)31/h2,4,6,14,16-17,19,22H,3,5,7-13H2,1H3,(H,28,31)(H,29,32)/t17-,19-,22+/m0/s1. The van der Waals surface area contributed by atoms with Crippen LogP contribution in [0.1, 0.15) is 56.1 Å². The molecule has 1 aromatic rings. The summed E-state index contributed by atoms with van der Waals surface area (Å²) < 4.78 is 5.40. The number of nitriles is 1. The molecule has 1 aliphatic heterocycles. The number of ether oxygens (including phenoxy) is 1. The molecule has 174 valence electrons. The van der Waals surface area contributed by atoms with Crippen LogP contribution in [0.25, 0.3) is 6.08 Å². The minimum atomic E-state index is -0.604. The molecule has 7 heteroatoms. The number of nitrogens with one attached hydrogen (secondary N) is 2. The second-order valence-corrected chi connectivity index (χ2v) is 9.45. The van der Waals surface area contributed by atoms with E-state index in [4.69, 9.17) is 4.74 Å². The number of methoxy groups -OCH3 is 1. The Bertz CT molecular complexity index is 1010. The van der Waals surface area contributed by atoms with Crippen LogP contribution in [0.4, 0.5) is 0 Å². The molecule has 0 spiro atoms. The van der Waals surface area contributed by atoms with Crippen molar-refractivity contribution in [2.75, 3.05) is 13.7 Å². The number of hydrogen-bond donors (Lipinski definition) is 2. The lowest BCUT2D eigenvalue weighted by Gasteiger charge is -2.24. The van der Waals surface area contributed by atoms with E-state index in [0.29, 0.717) is 37.3 Å². The van der Waals surface area contributed by atoms with Crippen molar-refractivity contribution in [3.8, 4) is 11.8 Å². The van der Waals surface area contributed by atoms with Crippen LogP contribution in [0.5, 0.6) is 5.75 Å². The van der Waals surface area contributed by atoms with Gasteiger partial charge in [-0.15, -0.1) is 0 Å². The van der Waals surface area contributed by atoms with Crippen molar-refractivity contribution in [3.05, 3.63) is 34.9 Å². The third-order valence-corrected chi connectivity index (χ3v) is 6.93. The first-order valence-electron chi connectivity index (χ1n) is 11.9. The van der Waals surface area contributed by atoms with Crippen LogP contribution in [0, 0.1) is 29.1 Å². The maximum absolute atomic E-state index is 13.2. The Morgan fingerprint density at radius 1 is 1.27 bits per heavy atom. The second-order valence-electron chi connectivity index (χ2n) is 9.45. The van der Waals surface area contributed by atoms with Gasteiger partial charge in [-0.25, -0.2) is 0 Å². The Morgan fingerprint density at radius 2 is 2.09 bits per heavy atom. The molecule has 3 atom stereocenters. The molecule has 2 fully saturated rings. The van der Waals surface area contributed by atoms with Crippen LogP contribution >= 0.6 is 0 Å². The maximum atomic E-state index is 13.2. The SMILES string of the molecule is COc1cccc2c1C=C(C(=O)N[C@H](CC1CC1)C(=O)C[C@@H](C#N)C[C@@H]1CCCNC1=O)C2. The highest BCUT2D eigenvalue weighted by atomic mass is 16.5. The first-order chi connectivity index (χ1) is 16.0. The molecule has 0 radical (unpaired) electrons. The zero-order valence-electron chi connectivity index (χ0n) is 19.1. The van der Waals surface area contributed by atoms with Gasteiger partial charge in [0.1, 0.15) is 5.75 Å². The van der Waals surface area contributed by atoms with Crippen molar-refractivity contribution in [1.82, 2.24) is 10.6 Å². The maximum Gasteiger partial charge on any atom is 0.248 e. The Labute approximate surface area is 194 Å². The summed E-state index contributed by atoms with van der Waals surface area (Å²) in [5, 5.41) is 15.4. The van der Waals surface area contributed by atoms with E-state index in [9.17, 15) is 19.6 Å². The molecule has 0 bridgehead atoms. The average Bonchev–Trinajstić information content (AvgIpc) is 3.53. The minimum absolute atomic E-state index is 0.0278. The molecule has 7 nitrogen and oxygen atoms in total. The molecule has 4 rings (SSSR count). The first kappa shape index (κ1) is 23.0. The molecule has 0 aromatic heterocycles. The highest BCUT2D eigenvalue weighted by molar-refractivity contribution is 6.03. The second kappa shape index (κ2) is 10.2. The van der Waals surface area contributed by atoms with Gasteiger partial charge in [-0.3, -0.25) is 14.4 Å². The number of amides is 2. The molecule has 2 N–H and O–H groups in total. The normalized spacial score (nSPS) is 21.2. The Morgan fingerprint density at radius 3 is 2.79 bits per heavy atom. The van der Waals surface area contributed by atoms with E-state index in [-0.39, 0.29) is 29.9 Å². The lowest BCUT2D eigenvalue weighted by molar-refractivity contribution is -0.128. The van der Waals surface area contributed by atoms with E-state index in [1.54, 1.807) is 7.11 Å². The number of nitrogens with zero attached hydrogens (tertiary/aromatic N) is 1. The molecule has 2 amide bonds. The van der Waals surface area contributed by atoms with E-state index in [0.717, 1.165) is 42.6 Å². The lowest BCUT2D eigenvalue weighted by atomic mass is 9.85. The molecule has 1 aromatic carbocycles. The van der Waals surface area contributed by atoms with E-state index in [2.05, 4.69) is 16.7 Å². The van der Waals surface area contributed by atoms with E-state index in [1.807, 2.05) is 24.3 Å². The summed E-state index contributed by atoms with van der Waals surface area (Å²) in [6.45, 7) is 0.673. The van der Waals surface area contributed by atoms with Gasteiger partial charge < -0.3 is 15.4 Å². The summed E-state index contributed by atoms with van der Waals surface area (Å²) in [4.78, 5) is 38.3. The smallest absolute Gasteiger partial charge is 0.248 e. The van der Waals surface area contributed by atoms with Gasteiger partial charge in [0.25, 0.3) is 0 Å². The van der Waals surface area contributed by atoms with Crippen molar-refractivity contribution in [2.45, 2.75) is 57.4 Å². The fourth-order valence-electron chi connectivity index (χ4n) is 4.84. The highest BCUT2D eigenvalue weighted by Crippen LogP contribution is 2.35. The summed E-state index contributed by atoms with van der Waals surface area (Å²) in [6, 6.07) is 7.36. The number of hydrogen-bond acceptors (Lipinski definition) is 5. The Kier molecular flexibility index (Phi) is 7.12. The van der Waals surface area contributed by atoms with Crippen LogP contribution in [0.15, 0.2) is 23.8 Å². The van der Waals surface area contributed by atoms with Crippen molar-refractivity contribution in [2.24, 2.45) is 17.8 Å². The number of ketones is 1. The Balaban J connectivity index is 1.40. The van der Waals surface area contributed by atoms with Crippen molar-refractivity contribution in [1.29, 1.82) is 5.26 Å². The topological polar surface area (TPSA) is 108 Å². The van der Waals surface area contributed by atoms with Crippen molar-refractivity contribution in [3.63, 3.8) is 0 Å². The molecular formula is C26H31N3O4. The highest BCUT2D eigenvalue weighted by Gasteiger charge is 2.34. The molecule has 33 heavy (non-hydrogen) atoms. The number of Topliss-reactive ketones (excluding diaryl/α,β-unsaturated/α-hetero) is 1. The molecule has 0 unspecified atom stereocenters. The van der Waals surface area contributed by atoms with Crippen LogP contribution in [0.2, 0.25) is 0 Å². The third-order valence-electron chi connectivity index (χ3n) is 6.93. The van der Waals surface area contributed by atoms with Gasteiger partial charge in [-0.1, -0.05) is 25.0 Å². The predicted octanol–water partition coefficient (Wildman–Crippen LogP) is 2.93. The average molecular weight is 450 g/mol. The van der Waals surface area contributed by atoms with Crippen molar-refractivity contribution >= 4 is 23.7 Å². The van der Waals surface area contributed by atoms with Gasteiger partial charge in [0, 0.05) is 36.4 Å². The zero-order chi connectivity index (χ0) is 23.4. The van der Waals surface area contributed by atoms with Crippen LogP contribution < -0.4 is 15.4 Å². The van der Waals surface area contributed by atoms with Gasteiger partial charge in [-0.05, 0) is 49.3 Å². The van der Waals surface area contributed by atoms with Gasteiger partial charge in [0.05, 0.1) is 25.1 Å². The fraction of sp³-hybridized carbons (Fsp3) is 0.538. The van der Waals surface area contributed by atoms with E-state index >= 15 is 0 Å².